The van der Waals surface area contributed by atoms with Gasteiger partial charge in [0.25, 0.3) is 0 Å². The van der Waals surface area contributed by atoms with Crippen LogP contribution in [0.4, 0.5) is 0 Å². The quantitative estimate of drug-likeness (QED) is 0.0977. The zero-order chi connectivity index (χ0) is 16.0. The minimum absolute atomic E-state index is 0. The molecule has 1 nitrogen and oxygen atoms in total. The summed E-state index contributed by atoms with van der Waals surface area (Å²) in [5.74, 6) is 0. The fraction of sp³-hybridized carbons (Fsp3) is 1.00. The molecule has 0 aromatic heterocycles. The van der Waals surface area contributed by atoms with Gasteiger partial charge in [-0.2, -0.15) is 0 Å². The topological polar surface area (TPSA) is 0 Å². The van der Waals surface area contributed by atoms with E-state index in [-0.39, 0.29) is 24.0 Å². The van der Waals surface area contributed by atoms with Gasteiger partial charge in [-0.3, -0.25) is 0 Å². The maximum absolute atomic E-state index is 2.62. The van der Waals surface area contributed by atoms with Crippen molar-refractivity contribution in [2.75, 3.05) is 20.6 Å². The van der Waals surface area contributed by atoms with E-state index in [0.717, 1.165) is 4.05 Å². The summed E-state index contributed by atoms with van der Waals surface area (Å²) < 4.78 is 1.96. The number of quaternary nitrogens is 1. The van der Waals surface area contributed by atoms with E-state index in [2.05, 4.69) is 50.5 Å². The van der Waals surface area contributed by atoms with Gasteiger partial charge in [0, 0.05) is 6.42 Å². The lowest BCUT2D eigenvalue weighted by molar-refractivity contribution is -0.896. The normalized spacial score (nSPS) is 13.0. The number of hydrogen-bond donors (Lipinski definition) is 0. The Kier molecular flexibility index (Phi) is 20.1. The first-order valence-corrected chi connectivity index (χ1v) is 10.8. The van der Waals surface area contributed by atoms with Crippen molar-refractivity contribution in [2.45, 2.75) is 101 Å². The van der Waals surface area contributed by atoms with Crippen LogP contribution >= 0.6 is 22.6 Å². The highest BCUT2D eigenvalue weighted by Gasteiger charge is 2.22. The third-order valence-corrected chi connectivity index (χ3v) is 7.07. The van der Waals surface area contributed by atoms with E-state index in [1.54, 1.807) is 0 Å². The highest BCUT2D eigenvalue weighted by Crippen LogP contribution is 2.19. The van der Waals surface area contributed by atoms with Crippen molar-refractivity contribution in [1.82, 2.24) is 0 Å². The molecule has 0 aromatic rings. The molecule has 1 atom stereocenters. The van der Waals surface area contributed by atoms with Crippen molar-refractivity contribution in [3.63, 3.8) is 0 Å². The maximum Gasteiger partial charge on any atom is 0.139 e. The fourth-order valence-corrected chi connectivity index (χ4v) is 3.27. The summed E-state index contributed by atoms with van der Waals surface area (Å²) in [5.41, 5.74) is 0. The number of hydrogen-bond acceptors (Lipinski definition) is 0. The van der Waals surface area contributed by atoms with Gasteiger partial charge >= 0.3 is 0 Å². The van der Waals surface area contributed by atoms with Crippen molar-refractivity contribution in [1.29, 1.82) is 0 Å². The van der Waals surface area contributed by atoms with Gasteiger partial charge in [0.15, 0.2) is 0 Å². The first-order valence-electron chi connectivity index (χ1n) is 9.51. The lowest BCUT2D eigenvalue weighted by Gasteiger charge is -2.34. The minimum atomic E-state index is 0. The van der Waals surface area contributed by atoms with Gasteiger partial charge in [-0.25, -0.2) is 0 Å². The summed E-state index contributed by atoms with van der Waals surface area (Å²) in [5, 5.41) is 0. The van der Waals surface area contributed by atoms with Crippen molar-refractivity contribution in [2.24, 2.45) is 0 Å². The first kappa shape index (κ1) is 25.7. The molecule has 3 heteroatoms. The van der Waals surface area contributed by atoms with Crippen LogP contribution in [0.2, 0.25) is 0 Å². The molecule has 0 aliphatic rings. The highest BCUT2D eigenvalue weighted by molar-refractivity contribution is 14.1. The van der Waals surface area contributed by atoms with Crippen molar-refractivity contribution in [3.8, 4) is 0 Å². The maximum atomic E-state index is 2.62. The third kappa shape index (κ3) is 15.0. The number of rotatable bonds is 15. The van der Waals surface area contributed by atoms with Crippen molar-refractivity contribution in [3.05, 3.63) is 0 Å². The van der Waals surface area contributed by atoms with Gasteiger partial charge in [0.05, 0.1) is 20.6 Å². The number of alkyl halides is 1. The summed E-state index contributed by atoms with van der Waals surface area (Å²) in [6.07, 6.45) is 18.7. The monoisotopic (exact) mass is 537 g/mol. The van der Waals surface area contributed by atoms with Crippen LogP contribution in [-0.4, -0.2) is 29.2 Å². The Hall–Kier alpha value is 1.42. The van der Waals surface area contributed by atoms with Crippen molar-refractivity contribution >= 4 is 22.6 Å². The Labute approximate surface area is 172 Å². The van der Waals surface area contributed by atoms with E-state index in [1.807, 2.05) is 0 Å². The van der Waals surface area contributed by atoms with E-state index in [0.29, 0.717) is 0 Å². The number of halogens is 2. The standard InChI is InChI=1S/C19H41IN.HI/c1-5-7-8-9-10-11-12-13-14-15-16-17-18-21(3,4)19(20)6-2;/h19H,5-18H2,1-4H3;1H/q+1;/p-1. The smallest absolute Gasteiger partial charge is 0.139 e. The van der Waals surface area contributed by atoms with Crippen LogP contribution < -0.4 is 24.0 Å². The molecule has 0 heterocycles. The minimum Gasteiger partial charge on any atom is -1.00 e. The third-order valence-electron chi connectivity index (χ3n) is 4.68. The predicted octanol–water partition coefficient (Wildman–Crippen LogP) is 3.94. The first-order chi connectivity index (χ1) is 10.0. The predicted molar refractivity (Wildman–Crippen MR) is 106 cm³/mol. The largest absolute Gasteiger partial charge is 1.00 e. The van der Waals surface area contributed by atoms with Gasteiger partial charge in [-0.1, -0.05) is 78.1 Å². The summed E-state index contributed by atoms with van der Waals surface area (Å²) in [7, 11) is 4.78. The average molecular weight is 537 g/mol. The van der Waals surface area contributed by atoms with E-state index in [1.165, 1.54) is 94.5 Å². The molecule has 0 saturated heterocycles. The van der Waals surface area contributed by atoms with Gasteiger partial charge in [-0.15, -0.1) is 0 Å². The SMILES string of the molecule is CCCCCCCCCCCCCC[N+](C)(C)C(I)CC.[I-]. The second kappa shape index (κ2) is 17.2. The molecule has 0 aliphatic heterocycles. The molecule has 0 bridgehead atoms. The number of unbranched alkanes of at least 4 members (excludes halogenated alkanes) is 11. The van der Waals surface area contributed by atoms with E-state index < -0.39 is 0 Å². The number of nitrogens with zero attached hydrogens (tertiary/aromatic N) is 1. The van der Waals surface area contributed by atoms with Gasteiger partial charge < -0.3 is 28.5 Å². The molecule has 0 aromatic carbocycles. The Morgan fingerprint density at radius 2 is 1.05 bits per heavy atom. The van der Waals surface area contributed by atoms with Crippen LogP contribution in [-0.2, 0) is 0 Å². The fourth-order valence-electron chi connectivity index (χ4n) is 2.99. The van der Waals surface area contributed by atoms with E-state index >= 15 is 0 Å². The van der Waals surface area contributed by atoms with Crippen molar-refractivity contribution < 1.29 is 28.5 Å². The molecule has 0 saturated carbocycles. The molecular formula is C19H41I2N. The van der Waals surface area contributed by atoms with Gasteiger partial charge in [0.2, 0.25) is 0 Å². The molecule has 136 valence electrons. The Morgan fingerprint density at radius 3 is 1.41 bits per heavy atom. The molecule has 0 spiro atoms. The van der Waals surface area contributed by atoms with E-state index in [9.17, 15) is 0 Å². The van der Waals surface area contributed by atoms with Crippen LogP contribution in [0.5, 0.6) is 0 Å². The van der Waals surface area contributed by atoms with E-state index in [4.69, 9.17) is 0 Å². The summed E-state index contributed by atoms with van der Waals surface area (Å²) in [6.45, 7) is 5.95. The lowest BCUT2D eigenvalue weighted by Crippen LogP contribution is -3.00. The second-order valence-corrected chi connectivity index (χ2v) is 8.67. The molecule has 0 amide bonds. The Morgan fingerprint density at radius 1 is 0.682 bits per heavy atom. The lowest BCUT2D eigenvalue weighted by atomic mass is 10.1. The van der Waals surface area contributed by atoms with Gasteiger partial charge in [-0.05, 0) is 35.4 Å². The van der Waals surface area contributed by atoms with Crippen LogP contribution in [0.1, 0.15) is 97.3 Å². The molecule has 0 N–H and O–H groups in total. The summed E-state index contributed by atoms with van der Waals surface area (Å²) in [6, 6.07) is 0. The molecular weight excluding hydrogens is 496 g/mol. The molecule has 1 unspecified atom stereocenters. The summed E-state index contributed by atoms with van der Waals surface area (Å²) >= 11 is 2.62. The average Bonchev–Trinajstić information content (AvgIpc) is 2.47. The highest BCUT2D eigenvalue weighted by atomic mass is 127. The van der Waals surface area contributed by atoms with Gasteiger partial charge in [0.1, 0.15) is 4.05 Å². The van der Waals surface area contributed by atoms with Crippen LogP contribution in [0.25, 0.3) is 0 Å². The zero-order valence-electron chi connectivity index (χ0n) is 15.7. The zero-order valence-corrected chi connectivity index (χ0v) is 20.0. The summed E-state index contributed by atoms with van der Waals surface area (Å²) in [4.78, 5) is 0. The molecule has 0 aliphatic carbocycles. The van der Waals surface area contributed by atoms with Crippen LogP contribution in [0.15, 0.2) is 0 Å². The Bertz CT molecular complexity index is 219. The Balaban J connectivity index is 0. The molecule has 22 heavy (non-hydrogen) atoms. The molecule has 0 radical (unpaired) electrons. The van der Waals surface area contributed by atoms with Crippen LogP contribution in [0.3, 0.4) is 0 Å². The second-order valence-electron chi connectivity index (χ2n) is 7.23. The molecule has 0 rings (SSSR count). The molecule has 0 fully saturated rings. The van der Waals surface area contributed by atoms with Crippen LogP contribution in [0, 0.1) is 0 Å².